The molecular formula is C13H18INO3. The second-order valence-corrected chi connectivity index (χ2v) is 5.94. The van der Waals surface area contributed by atoms with E-state index in [1.54, 1.807) is 20.3 Å². The van der Waals surface area contributed by atoms with Gasteiger partial charge in [0, 0.05) is 5.41 Å². The fourth-order valence-corrected chi connectivity index (χ4v) is 2.09. The quantitative estimate of drug-likeness (QED) is 0.839. The first-order valence-electron chi connectivity index (χ1n) is 5.53. The molecule has 0 heterocycles. The van der Waals surface area contributed by atoms with Crippen molar-refractivity contribution in [1.82, 2.24) is 0 Å². The summed E-state index contributed by atoms with van der Waals surface area (Å²) in [6.45, 7) is 5.59. The Balaban J connectivity index is 3.17. The molecule has 18 heavy (non-hydrogen) atoms. The van der Waals surface area contributed by atoms with Crippen molar-refractivity contribution in [2.24, 2.45) is 5.41 Å². The first kappa shape index (κ1) is 15.1. The van der Waals surface area contributed by atoms with E-state index in [4.69, 9.17) is 9.47 Å². The van der Waals surface area contributed by atoms with Crippen LogP contribution in [-0.2, 0) is 4.79 Å². The number of nitrogens with one attached hydrogen (secondary N) is 1. The minimum absolute atomic E-state index is 0.0630. The second-order valence-electron chi connectivity index (χ2n) is 4.86. The lowest BCUT2D eigenvalue weighted by Crippen LogP contribution is -2.28. The van der Waals surface area contributed by atoms with Crippen molar-refractivity contribution < 1.29 is 14.3 Å². The van der Waals surface area contributed by atoms with Gasteiger partial charge in [-0.25, -0.2) is 0 Å². The molecule has 1 amide bonds. The molecule has 0 aliphatic carbocycles. The minimum atomic E-state index is -0.461. The van der Waals surface area contributed by atoms with E-state index in [0.717, 1.165) is 3.57 Å². The fraction of sp³-hybridized carbons (Fsp3) is 0.462. The summed E-state index contributed by atoms with van der Waals surface area (Å²) >= 11 is 2.13. The summed E-state index contributed by atoms with van der Waals surface area (Å²) in [7, 11) is 3.17. The maximum atomic E-state index is 12.0. The summed E-state index contributed by atoms with van der Waals surface area (Å²) in [6.07, 6.45) is 0. The predicted molar refractivity (Wildman–Crippen MR) is 80.3 cm³/mol. The minimum Gasteiger partial charge on any atom is -0.496 e. The summed E-state index contributed by atoms with van der Waals surface area (Å²) < 4.78 is 11.3. The number of carbonyl (C=O) groups is 1. The Morgan fingerprint density at radius 3 is 2.11 bits per heavy atom. The smallest absolute Gasteiger partial charge is 0.229 e. The van der Waals surface area contributed by atoms with E-state index in [2.05, 4.69) is 27.9 Å². The van der Waals surface area contributed by atoms with Crippen molar-refractivity contribution in [2.75, 3.05) is 19.5 Å². The maximum absolute atomic E-state index is 12.0. The number of carbonyl (C=O) groups excluding carboxylic acids is 1. The largest absolute Gasteiger partial charge is 0.496 e. The highest BCUT2D eigenvalue weighted by atomic mass is 127. The van der Waals surface area contributed by atoms with E-state index < -0.39 is 5.41 Å². The molecule has 1 N–H and O–H groups in total. The lowest BCUT2D eigenvalue weighted by molar-refractivity contribution is -0.123. The fourth-order valence-electron chi connectivity index (χ4n) is 1.28. The third-order valence-corrected chi connectivity index (χ3v) is 3.50. The van der Waals surface area contributed by atoms with Crippen LogP contribution in [0.3, 0.4) is 0 Å². The molecule has 0 saturated heterocycles. The molecule has 0 aliphatic rings. The Morgan fingerprint density at radius 1 is 1.17 bits per heavy atom. The lowest BCUT2D eigenvalue weighted by Gasteiger charge is -2.20. The van der Waals surface area contributed by atoms with Gasteiger partial charge >= 0.3 is 0 Å². The summed E-state index contributed by atoms with van der Waals surface area (Å²) in [6, 6.07) is 3.59. The van der Waals surface area contributed by atoms with Crippen LogP contribution in [-0.4, -0.2) is 20.1 Å². The predicted octanol–water partition coefficient (Wildman–Crippen LogP) is 3.29. The van der Waals surface area contributed by atoms with E-state index in [1.165, 1.54) is 0 Å². The van der Waals surface area contributed by atoms with Gasteiger partial charge in [0.2, 0.25) is 5.91 Å². The molecule has 0 spiro atoms. The number of hydrogen-bond acceptors (Lipinski definition) is 3. The topological polar surface area (TPSA) is 47.6 Å². The van der Waals surface area contributed by atoms with Crippen molar-refractivity contribution >= 4 is 34.2 Å². The number of methoxy groups -OCH3 is 2. The van der Waals surface area contributed by atoms with Gasteiger partial charge in [-0.05, 0) is 34.7 Å². The molecule has 0 unspecified atom stereocenters. The van der Waals surface area contributed by atoms with Crippen molar-refractivity contribution in [3.63, 3.8) is 0 Å². The SMILES string of the molecule is COc1ccc(OC)c(NC(=O)C(C)(C)C)c1I. The van der Waals surface area contributed by atoms with Gasteiger partial charge in [0.05, 0.1) is 17.8 Å². The van der Waals surface area contributed by atoms with Crippen LogP contribution in [0.2, 0.25) is 0 Å². The average molecular weight is 363 g/mol. The van der Waals surface area contributed by atoms with Crippen LogP contribution in [0, 0.1) is 8.99 Å². The van der Waals surface area contributed by atoms with Crippen molar-refractivity contribution in [3.05, 3.63) is 15.7 Å². The Kier molecular flexibility index (Phi) is 4.84. The van der Waals surface area contributed by atoms with Crippen LogP contribution in [0.1, 0.15) is 20.8 Å². The molecule has 1 aromatic carbocycles. The molecule has 1 rings (SSSR count). The summed E-state index contributed by atoms with van der Waals surface area (Å²) in [5, 5.41) is 2.89. The zero-order valence-electron chi connectivity index (χ0n) is 11.3. The number of benzene rings is 1. The molecular weight excluding hydrogens is 345 g/mol. The van der Waals surface area contributed by atoms with Gasteiger partial charge in [-0.15, -0.1) is 0 Å². The standard InChI is InChI=1S/C13H18INO3/c1-13(2,3)12(16)15-11-9(18-5)7-6-8(17-4)10(11)14/h6-7H,1-5H3,(H,15,16). The number of halogens is 1. The van der Waals surface area contributed by atoms with Gasteiger partial charge in [-0.1, -0.05) is 20.8 Å². The van der Waals surface area contributed by atoms with Gasteiger partial charge in [-0.3, -0.25) is 4.79 Å². The monoisotopic (exact) mass is 363 g/mol. The highest BCUT2D eigenvalue weighted by Crippen LogP contribution is 2.37. The molecule has 0 fully saturated rings. The third kappa shape index (κ3) is 3.28. The van der Waals surface area contributed by atoms with E-state index in [1.807, 2.05) is 26.8 Å². The summed E-state index contributed by atoms with van der Waals surface area (Å²) in [5.74, 6) is 1.27. The Bertz CT molecular complexity index is 452. The molecule has 4 nitrogen and oxygen atoms in total. The summed E-state index contributed by atoms with van der Waals surface area (Å²) in [5.41, 5.74) is 0.189. The van der Waals surface area contributed by atoms with Gasteiger partial charge in [-0.2, -0.15) is 0 Å². The zero-order valence-corrected chi connectivity index (χ0v) is 13.4. The van der Waals surface area contributed by atoms with Gasteiger partial charge in [0.15, 0.2) is 0 Å². The average Bonchev–Trinajstić information content (AvgIpc) is 2.30. The van der Waals surface area contributed by atoms with Crippen LogP contribution in [0.4, 0.5) is 5.69 Å². The van der Waals surface area contributed by atoms with Crippen LogP contribution < -0.4 is 14.8 Å². The normalized spacial score (nSPS) is 11.0. The van der Waals surface area contributed by atoms with Gasteiger partial charge in [0.1, 0.15) is 17.2 Å². The number of rotatable bonds is 3. The number of hydrogen-bond donors (Lipinski definition) is 1. The maximum Gasteiger partial charge on any atom is 0.229 e. The molecule has 0 aliphatic heterocycles. The number of ether oxygens (including phenoxy) is 2. The molecule has 0 bridgehead atoms. The third-order valence-electron chi connectivity index (χ3n) is 2.43. The molecule has 0 aromatic heterocycles. The van der Waals surface area contributed by atoms with E-state index in [0.29, 0.717) is 17.2 Å². The van der Waals surface area contributed by atoms with Crippen molar-refractivity contribution in [3.8, 4) is 11.5 Å². The zero-order chi connectivity index (χ0) is 13.9. The Labute approximate surface area is 121 Å². The van der Waals surface area contributed by atoms with Gasteiger partial charge in [0.25, 0.3) is 0 Å². The highest BCUT2D eigenvalue weighted by molar-refractivity contribution is 14.1. The lowest BCUT2D eigenvalue weighted by atomic mass is 9.95. The molecule has 100 valence electrons. The van der Waals surface area contributed by atoms with Crippen LogP contribution in [0.5, 0.6) is 11.5 Å². The van der Waals surface area contributed by atoms with Gasteiger partial charge < -0.3 is 14.8 Å². The number of anilines is 1. The van der Waals surface area contributed by atoms with Crippen LogP contribution >= 0.6 is 22.6 Å². The molecule has 0 radical (unpaired) electrons. The molecule has 0 saturated carbocycles. The molecule has 5 heteroatoms. The van der Waals surface area contributed by atoms with Crippen molar-refractivity contribution in [1.29, 1.82) is 0 Å². The van der Waals surface area contributed by atoms with E-state index in [-0.39, 0.29) is 5.91 Å². The van der Waals surface area contributed by atoms with E-state index in [9.17, 15) is 4.79 Å². The number of amides is 1. The van der Waals surface area contributed by atoms with Crippen LogP contribution in [0.25, 0.3) is 0 Å². The highest BCUT2D eigenvalue weighted by Gasteiger charge is 2.24. The Hall–Kier alpha value is -0.980. The Morgan fingerprint density at radius 2 is 1.67 bits per heavy atom. The molecule has 1 aromatic rings. The van der Waals surface area contributed by atoms with Crippen molar-refractivity contribution in [2.45, 2.75) is 20.8 Å². The summed E-state index contributed by atoms with van der Waals surface area (Å²) in [4.78, 5) is 12.0. The van der Waals surface area contributed by atoms with E-state index >= 15 is 0 Å². The first-order valence-corrected chi connectivity index (χ1v) is 6.61. The second kappa shape index (κ2) is 5.77. The molecule has 0 atom stereocenters. The first-order chi connectivity index (χ1) is 8.31. The van der Waals surface area contributed by atoms with Crippen LogP contribution in [0.15, 0.2) is 12.1 Å².